The Kier molecular flexibility index (Phi) is 5.25. The van der Waals surface area contributed by atoms with Crippen molar-refractivity contribution in [2.75, 3.05) is 23.3 Å². The molecule has 0 spiro atoms. The number of amides is 1. The first kappa shape index (κ1) is 18.4. The molecular formula is C21H23N5OS. The zero-order valence-corrected chi connectivity index (χ0v) is 16.6. The van der Waals surface area contributed by atoms with Gasteiger partial charge in [0.1, 0.15) is 6.54 Å². The number of para-hydroxylation sites is 2. The number of hydrogen-bond acceptors (Lipinski definition) is 4. The quantitative estimate of drug-likeness (QED) is 0.639. The maximum absolute atomic E-state index is 12.8. The molecule has 1 aliphatic rings. The van der Waals surface area contributed by atoms with E-state index >= 15 is 0 Å². The highest BCUT2D eigenvalue weighted by Gasteiger charge is 2.18. The summed E-state index contributed by atoms with van der Waals surface area (Å²) in [5, 5.41) is 10.2. The Bertz CT molecular complexity index is 1030. The van der Waals surface area contributed by atoms with Gasteiger partial charge in [-0.3, -0.25) is 14.5 Å². The van der Waals surface area contributed by atoms with Gasteiger partial charge in [-0.2, -0.15) is 5.10 Å². The van der Waals surface area contributed by atoms with Crippen molar-refractivity contribution in [1.29, 1.82) is 0 Å². The molecule has 1 aliphatic heterocycles. The van der Waals surface area contributed by atoms with Crippen molar-refractivity contribution in [3.63, 3.8) is 0 Å². The summed E-state index contributed by atoms with van der Waals surface area (Å²) in [7, 11) is 0. The monoisotopic (exact) mass is 393 g/mol. The third-order valence-electron chi connectivity index (χ3n) is 4.99. The molecule has 7 heteroatoms. The van der Waals surface area contributed by atoms with Crippen molar-refractivity contribution in [2.24, 2.45) is 0 Å². The predicted octanol–water partition coefficient (Wildman–Crippen LogP) is 4.16. The molecule has 3 aromatic rings. The minimum Gasteiger partial charge on any atom is -0.370 e. The van der Waals surface area contributed by atoms with E-state index < -0.39 is 0 Å². The van der Waals surface area contributed by atoms with Crippen molar-refractivity contribution in [2.45, 2.75) is 26.3 Å². The Morgan fingerprint density at radius 2 is 1.86 bits per heavy atom. The number of aryl methyl sites for hydroxylation is 1. The SMILES string of the molecule is Cc1ccc(-c2n[nH]c(=S)n2CC(=O)Nc2ccccc2N2CCCC2)cc1. The fourth-order valence-corrected chi connectivity index (χ4v) is 3.73. The van der Waals surface area contributed by atoms with Crippen molar-refractivity contribution < 1.29 is 4.79 Å². The lowest BCUT2D eigenvalue weighted by Crippen LogP contribution is -2.23. The van der Waals surface area contributed by atoms with Gasteiger partial charge < -0.3 is 10.2 Å². The molecule has 2 N–H and O–H groups in total. The molecule has 28 heavy (non-hydrogen) atoms. The standard InChI is InChI=1S/C21H23N5OS/c1-15-8-10-16(11-9-15)20-23-24-21(28)26(20)14-19(27)22-17-6-2-3-7-18(17)25-12-4-5-13-25/h2-3,6-11H,4-5,12-14H2,1H3,(H,22,27)(H,24,28). The second kappa shape index (κ2) is 7.98. The van der Waals surface area contributed by atoms with Crippen LogP contribution in [0.2, 0.25) is 0 Å². The van der Waals surface area contributed by atoms with Gasteiger partial charge in [-0.25, -0.2) is 0 Å². The van der Waals surface area contributed by atoms with Crippen LogP contribution in [0.4, 0.5) is 11.4 Å². The lowest BCUT2D eigenvalue weighted by atomic mass is 10.1. The molecule has 2 aromatic carbocycles. The smallest absolute Gasteiger partial charge is 0.244 e. The number of H-pyrrole nitrogens is 1. The van der Waals surface area contributed by atoms with Gasteiger partial charge in [0.2, 0.25) is 5.91 Å². The van der Waals surface area contributed by atoms with Crippen molar-refractivity contribution in [1.82, 2.24) is 14.8 Å². The number of aromatic amines is 1. The lowest BCUT2D eigenvalue weighted by molar-refractivity contribution is -0.116. The Morgan fingerprint density at radius 1 is 1.14 bits per heavy atom. The van der Waals surface area contributed by atoms with Crippen molar-refractivity contribution in [3.05, 3.63) is 58.9 Å². The van der Waals surface area contributed by atoms with Gasteiger partial charge in [0.15, 0.2) is 10.6 Å². The van der Waals surface area contributed by atoms with Crippen LogP contribution in [0.25, 0.3) is 11.4 Å². The Labute approximate surface area is 169 Å². The molecule has 0 atom stereocenters. The van der Waals surface area contributed by atoms with Crippen LogP contribution >= 0.6 is 12.2 Å². The molecular weight excluding hydrogens is 370 g/mol. The number of hydrogen-bond donors (Lipinski definition) is 2. The Balaban J connectivity index is 1.55. The van der Waals surface area contributed by atoms with Crippen LogP contribution in [0.5, 0.6) is 0 Å². The summed E-state index contributed by atoms with van der Waals surface area (Å²) >= 11 is 5.35. The number of carbonyl (C=O) groups is 1. The van der Waals surface area contributed by atoms with Crippen LogP contribution in [0.15, 0.2) is 48.5 Å². The van der Waals surface area contributed by atoms with E-state index in [4.69, 9.17) is 12.2 Å². The summed E-state index contributed by atoms with van der Waals surface area (Å²) in [6.45, 7) is 4.19. The highest BCUT2D eigenvalue weighted by molar-refractivity contribution is 7.71. The van der Waals surface area contributed by atoms with Gasteiger partial charge in [0, 0.05) is 18.7 Å². The van der Waals surface area contributed by atoms with Gasteiger partial charge >= 0.3 is 0 Å². The van der Waals surface area contributed by atoms with E-state index in [-0.39, 0.29) is 12.5 Å². The normalized spacial score (nSPS) is 13.7. The number of rotatable bonds is 5. The molecule has 0 saturated carbocycles. The molecule has 1 saturated heterocycles. The van der Waals surface area contributed by atoms with E-state index in [0.29, 0.717) is 10.6 Å². The van der Waals surface area contributed by atoms with Crippen LogP contribution in [0, 0.1) is 11.7 Å². The molecule has 0 radical (unpaired) electrons. The Hall–Kier alpha value is -2.93. The average Bonchev–Trinajstić information content (AvgIpc) is 3.34. The summed E-state index contributed by atoms with van der Waals surface area (Å²) in [5.74, 6) is 0.533. The second-order valence-corrected chi connectivity index (χ2v) is 7.45. The molecule has 1 fully saturated rings. The molecule has 1 amide bonds. The molecule has 0 unspecified atom stereocenters. The molecule has 6 nitrogen and oxygen atoms in total. The van der Waals surface area contributed by atoms with Crippen molar-refractivity contribution in [3.8, 4) is 11.4 Å². The van der Waals surface area contributed by atoms with Crippen LogP contribution in [-0.4, -0.2) is 33.8 Å². The fourth-order valence-electron chi connectivity index (χ4n) is 3.53. The second-order valence-electron chi connectivity index (χ2n) is 7.06. The summed E-state index contributed by atoms with van der Waals surface area (Å²) in [6, 6.07) is 16.0. The summed E-state index contributed by atoms with van der Waals surface area (Å²) in [6.07, 6.45) is 2.37. The van der Waals surface area contributed by atoms with Crippen molar-refractivity contribution >= 4 is 29.5 Å². The third-order valence-corrected chi connectivity index (χ3v) is 5.31. The van der Waals surface area contributed by atoms with E-state index in [2.05, 4.69) is 26.5 Å². The molecule has 144 valence electrons. The first-order chi connectivity index (χ1) is 13.6. The minimum atomic E-state index is -0.127. The zero-order chi connectivity index (χ0) is 19.5. The maximum atomic E-state index is 12.8. The van der Waals surface area contributed by atoms with Crippen LogP contribution in [0.3, 0.4) is 0 Å². The largest absolute Gasteiger partial charge is 0.370 e. The van der Waals surface area contributed by atoms with Crippen LogP contribution in [-0.2, 0) is 11.3 Å². The van der Waals surface area contributed by atoms with E-state index in [1.165, 1.54) is 18.4 Å². The maximum Gasteiger partial charge on any atom is 0.244 e. The topological polar surface area (TPSA) is 66.0 Å². The highest BCUT2D eigenvalue weighted by atomic mass is 32.1. The molecule has 0 bridgehead atoms. The van der Waals surface area contributed by atoms with Crippen LogP contribution < -0.4 is 10.2 Å². The molecule has 2 heterocycles. The zero-order valence-electron chi connectivity index (χ0n) is 15.8. The van der Waals surface area contributed by atoms with Gasteiger partial charge in [-0.05, 0) is 44.1 Å². The van der Waals surface area contributed by atoms with Gasteiger partial charge in [-0.1, -0.05) is 42.0 Å². The number of anilines is 2. The van der Waals surface area contributed by atoms with E-state index in [9.17, 15) is 4.79 Å². The summed E-state index contributed by atoms with van der Waals surface area (Å²) < 4.78 is 2.16. The van der Waals surface area contributed by atoms with E-state index in [0.717, 1.165) is 30.0 Å². The molecule has 4 rings (SSSR count). The average molecular weight is 394 g/mol. The molecule has 0 aliphatic carbocycles. The van der Waals surface area contributed by atoms with E-state index in [1.54, 1.807) is 4.57 Å². The predicted molar refractivity (Wildman–Crippen MR) is 114 cm³/mol. The first-order valence-electron chi connectivity index (χ1n) is 9.48. The molecule has 1 aromatic heterocycles. The van der Waals surface area contributed by atoms with E-state index in [1.807, 2.05) is 49.4 Å². The number of nitrogens with zero attached hydrogens (tertiary/aromatic N) is 3. The van der Waals surface area contributed by atoms with Gasteiger partial charge in [-0.15, -0.1) is 0 Å². The Morgan fingerprint density at radius 3 is 2.61 bits per heavy atom. The number of aromatic nitrogens is 3. The summed E-state index contributed by atoms with van der Waals surface area (Å²) in [4.78, 5) is 15.1. The van der Waals surface area contributed by atoms with Gasteiger partial charge in [0.25, 0.3) is 0 Å². The first-order valence-corrected chi connectivity index (χ1v) is 9.89. The highest BCUT2D eigenvalue weighted by Crippen LogP contribution is 2.28. The number of benzene rings is 2. The third kappa shape index (κ3) is 3.84. The minimum absolute atomic E-state index is 0.104. The number of nitrogens with one attached hydrogen (secondary N) is 2. The fraction of sp³-hybridized carbons (Fsp3) is 0.286. The summed E-state index contributed by atoms with van der Waals surface area (Å²) in [5.41, 5.74) is 3.99. The van der Waals surface area contributed by atoms with Gasteiger partial charge in [0.05, 0.1) is 11.4 Å². The number of carbonyl (C=O) groups excluding carboxylic acids is 1. The van der Waals surface area contributed by atoms with Crippen LogP contribution in [0.1, 0.15) is 18.4 Å². The lowest BCUT2D eigenvalue weighted by Gasteiger charge is -2.21.